The van der Waals surface area contributed by atoms with Crippen LogP contribution in [0.1, 0.15) is 46.0 Å². The number of aliphatic imine (C=N–C) groups is 1. The van der Waals surface area contributed by atoms with Gasteiger partial charge in [-0.25, -0.2) is 4.79 Å². The van der Waals surface area contributed by atoms with Crippen LogP contribution in [0.15, 0.2) is 90.2 Å². The third-order valence-corrected chi connectivity index (χ3v) is 6.21. The summed E-state index contributed by atoms with van der Waals surface area (Å²) < 4.78 is 1.80. The first-order chi connectivity index (χ1) is 17.0. The predicted molar refractivity (Wildman–Crippen MR) is 143 cm³/mol. The zero-order chi connectivity index (χ0) is 24.8. The Kier molecular flexibility index (Phi) is 7.46. The molecule has 0 bridgehead atoms. The van der Waals surface area contributed by atoms with Crippen LogP contribution in [0, 0.1) is 13.8 Å². The highest BCUT2D eigenvalue weighted by atomic mass is 16.4. The Morgan fingerprint density at radius 1 is 0.943 bits per heavy atom. The molecule has 5 nitrogen and oxygen atoms in total. The van der Waals surface area contributed by atoms with Gasteiger partial charge in [-0.3, -0.25) is 4.99 Å². The number of nitrogens with one attached hydrogen (secondary N) is 1. The van der Waals surface area contributed by atoms with E-state index in [9.17, 15) is 9.90 Å². The van der Waals surface area contributed by atoms with Gasteiger partial charge < -0.3 is 15.0 Å². The molecule has 0 amide bonds. The summed E-state index contributed by atoms with van der Waals surface area (Å²) in [7, 11) is 0. The second-order valence-electron chi connectivity index (χ2n) is 8.68. The maximum absolute atomic E-state index is 11.2. The lowest BCUT2D eigenvalue weighted by molar-refractivity contribution is 0.0697. The number of hydrogen-bond acceptors (Lipinski definition) is 3. The first-order valence-electron chi connectivity index (χ1n) is 11.9. The molecule has 0 saturated carbocycles. The Bertz CT molecular complexity index is 1350. The summed E-state index contributed by atoms with van der Waals surface area (Å²) in [5.74, 6) is -0.0890. The summed E-state index contributed by atoms with van der Waals surface area (Å²) in [5.41, 5.74) is 8.55. The van der Waals surface area contributed by atoms with E-state index in [1.54, 1.807) is 23.0 Å². The zero-order valence-corrected chi connectivity index (χ0v) is 20.5. The van der Waals surface area contributed by atoms with Crippen LogP contribution in [0.2, 0.25) is 0 Å². The summed E-state index contributed by atoms with van der Waals surface area (Å²) in [5, 5.41) is 12.8. The smallest absolute Gasteiger partial charge is 0.337 e. The van der Waals surface area contributed by atoms with Crippen molar-refractivity contribution in [2.45, 2.75) is 40.3 Å². The number of para-hydroxylation sites is 1. The minimum absolute atomic E-state index is 0.266. The number of aromatic nitrogens is 1. The second kappa shape index (κ2) is 10.9. The second-order valence-corrected chi connectivity index (χ2v) is 8.68. The highest BCUT2D eigenvalue weighted by Gasteiger charge is 2.12. The minimum atomic E-state index is -0.931. The number of carbonyl (C=O) groups is 1. The normalized spacial score (nSPS) is 11.5. The van der Waals surface area contributed by atoms with Crippen molar-refractivity contribution in [2.75, 3.05) is 5.32 Å². The lowest BCUT2D eigenvalue weighted by atomic mass is 9.94. The van der Waals surface area contributed by atoms with Crippen LogP contribution in [0.3, 0.4) is 0 Å². The number of rotatable bonds is 8. The largest absolute Gasteiger partial charge is 0.478 e. The molecule has 0 saturated heterocycles. The molecule has 0 aliphatic rings. The van der Waals surface area contributed by atoms with E-state index in [1.807, 2.05) is 13.0 Å². The third-order valence-electron chi connectivity index (χ3n) is 6.21. The number of hydrogen-bond donors (Lipinski definition) is 2. The van der Waals surface area contributed by atoms with Crippen LogP contribution in [-0.4, -0.2) is 21.5 Å². The van der Waals surface area contributed by atoms with Crippen LogP contribution in [0.4, 0.5) is 5.69 Å². The molecule has 0 spiro atoms. The van der Waals surface area contributed by atoms with E-state index < -0.39 is 5.97 Å². The van der Waals surface area contributed by atoms with E-state index >= 15 is 0 Å². The van der Waals surface area contributed by atoms with Crippen molar-refractivity contribution >= 4 is 17.5 Å². The van der Waals surface area contributed by atoms with E-state index in [2.05, 4.69) is 79.8 Å². The van der Waals surface area contributed by atoms with Crippen LogP contribution < -0.4 is 5.32 Å². The Morgan fingerprint density at radius 2 is 1.69 bits per heavy atom. The fourth-order valence-corrected chi connectivity index (χ4v) is 4.24. The number of aromatic carboxylic acids is 1. The molecule has 1 aromatic heterocycles. The molecule has 35 heavy (non-hydrogen) atoms. The number of carboxylic acids is 1. The van der Waals surface area contributed by atoms with Crippen molar-refractivity contribution in [3.05, 3.63) is 113 Å². The van der Waals surface area contributed by atoms with Crippen LogP contribution in [-0.2, 0) is 13.1 Å². The van der Waals surface area contributed by atoms with E-state index in [4.69, 9.17) is 4.99 Å². The minimum Gasteiger partial charge on any atom is -0.478 e. The molecule has 0 atom stereocenters. The van der Waals surface area contributed by atoms with Crippen molar-refractivity contribution < 1.29 is 9.90 Å². The Labute approximate surface area is 206 Å². The van der Waals surface area contributed by atoms with Crippen LogP contribution in [0.5, 0.6) is 0 Å². The monoisotopic (exact) mass is 465 g/mol. The number of benzene rings is 3. The van der Waals surface area contributed by atoms with Gasteiger partial charge in [0.15, 0.2) is 0 Å². The number of anilines is 1. The molecule has 0 unspecified atom stereocenters. The molecule has 0 radical (unpaired) electrons. The van der Waals surface area contributed by atoms with Gasteiger partial charge in [0.2, 0.25) is 0 Å². The number of carboxylic acid groups (broad SMARTS) is 1. The fraction of sp³-hybridized carbons (Fsp3) is 0.200. The highest BCUT2D eigenvalue weighted by Crippen LogP contribution is 2.33. The van der Waals surface area contributed by atoms with Gasteiger partial charge in [-0.05, 0) is 53.8 Å². The molecule has 178 valence electrons. The lowest BCUT2D eigenvalue weighted by Crippen LogP contribution is -2.09. The van der Waals surface area contributed by atoms with Crippen LogP contribution in [0.25, 0.3) is 11.1 Å². The lowest BCUT2D eigenvalue weighted by Gasteiger charge is -2.16. The molecule has 5 heteroatoms. The van der Waals surface area contributed by atoms with Gasteiger partial charge in [0.1, 0.15) is 5.84 Å². The quantitative estimate of drug-likeness (QED) is 0.219. The molecule has 0 fully saturated rings. The fourth-order valence-electron chi connectivity index (χ4n) is 4.24. The molecule has 2 N–H and O–H groups in total. The van der Waals surface area contributed by atoms with Gasteiger partial charge in [-0.15, -0.1) is 0 Å². The third kappa shape index (κ3) is 5.69. The van der Waals surface area contributed by atoms with E-state index in [0.717, 1.165) is 23.6 Å². The van der Waals surface area contributed by atoms with E-state index in [-0.39, 0.29) is 5.56 Å². The van der Waals surface area contributed by atoms with E-state index in [0.29, 0.717) is 13.0 Å². The maximum atomic E-state index is 11.2. The van der Waals surface area contributed by atoms with Crippen molar-refractivity contribution in [1.29, 1.82) is 0 Å². The van der Waals surface area contributed by atoms with Gasteiger partial charge >= 0.3 is 5.97 Å². The Balaban J connectivity index is 1.57. The summed E-state index contributed by atoms with van der Waals surface area (Å²) in [6.07, 6.45) is 4.09. The van der Waals surface area contributed by atoms with Gasteiger partial charge in [-0.2, -0.15) is 0 Å². The first-order valence-corrected chi connectivity index (χ1v) is 11.9. The number of nitrogens with zero attached hydrogens (tertiary/aromatic N) is 2. The molecule has 0 aliphatic carbocycles. The van der Waals surface area contributed by atoms with E-state index in [1.165, 1.54) is 27.8 Å². The van der Waals surface area contributed by atoms with Gasteiger partial charge in [0.25, 0.3) is 0 Å². The average Bonchev–Trinajstić information content (AvgIpc) is 3.36. The molecule has 4 aromatic rings. The van der Waals surface area contributed by atoms with Crippen molar-refractivity contribution in [3.8, 4) is 11.1 Å². The van der Waals surface area contributed by atoms with Crippen LogP contribution >= 0.6 is 0 Å². The number of aryl methyl sites for hydroxylation is 2. The summed E-state index contributed by atoms with van der Waals surface area (Å²) in [6.45, 7) is 7.61. The van der Waals surface area contributed by atoms with Gasteiger partial charge in [0, 0.05) is 36.6 Å². The highest BCUT2D eigenvalue weighted by molar-refractivity contribution is 5.90. The Morgan fingerprint density at radius 3 is 2.40 bits per heavy atom. The molecular formula is C30H31N3O2. The van der Waals surface area contributed by atoms with Gasteiger partial charge in [-0.1, -0.05) is 67.6 Å². The zero-order valence-electron chi connectivity index (χ0n) is 20.5. The summed E-state index contributed by atoms with van der Waals surface area (Å²) in [4.78, 5) is 16.0. The summed E-state index contributed by atoms with van der Waals surface area (Å²) >= 11 is 0. The van der Waals surface area contributed by atoms with Crippen molar-refractivity contribution in [2.24, 2.45) is 4.99 Å². The van der Waals surface area contributed by atoms with Crippen molar-refractivity contribution in [1.82, 2.24) is 4.57 Å². The molecule has 0 aliphatic heterocycles. The molecule has 4 rings (SSSR count). The topological polar surface area (TPSA) is 66.6 Å². The van der Waals surface area contributed by atoms with Gasteiger partial charge in [0.05, 0.1) is 12.1 Å². The first kappa shape index (κ1) is 24.0. The SMILES string of the molecule is CCC(=NCc1cc(C)c(-c2ccccc2NCc2ccccc2)cc1C)n1ccc(C(=O)O)c1. The molecule has 1 heterocycles. The standard InChI is InChI=1S/C30H31N3O2/c1-4-29(33-15-14-24(20-33)30(34)35)32-19-25-16-22(3)27(17-21(25)2)26-12-8-9-13-28(26)31-18-23-10-6-5-7-11-23/h5-17,20,31H,4,18-19H2,1-3H3,(H,34,35). The Hall–Kier alpha value is -4.12. The molecule has 3 aromatic carbocycles. The summed E-state index contributed by atoms with van der Waals surface area (Å²) in [6, 6.07) is 24.9. The average molecular weight is 466 g/mol. The predicted octanol–water partition coefficient (Wildman–Crippen LogP) is 6.94. The molecular weight excluding hydrogens is 434 g/mol. The van der Waals surface area contributed by atoms with Crippen molar-refractivity contribution in [3.63, 3.8) is 0 Å². The maximum Gasteiger partial charge on any atom is 0.337 e.